The van der Waals surface area contributed by atoms with E-state index in [1.54, 1.807) is 20.3 Å². The Morgan fingerprint density at radius 1 is 1.08 bits per heavy atom. The highest BCUT2D eigenvalue weighted by atomic mass is 16.5. The van der Waals surface area contributed by atoms with Crippen LogP contribution in [0.15, 0.2) is 48.5 Å². The highest BCUT2D eigenvalue weighted by Gasteiger charge is 2.09. The first kappa shape index (κ1) is 18.4. The number of carbonyl (C=O) groups excluding carboxylic acids is 1. The Bertz CT molecular complexity index is 723. The van der Waals surface area contributed by atoms with Gasteiger partial charge in [-0.25, -0.2) is 0 Å². The molecule has 2 rings (SSSR count). The number of amides is 1. The van der Waals surface area contributed by atoms with Crippen LogP contribution in [0.5, 0.6) is 17.2 Å². The van der Waals surface area contributed by atoms with Crippen molar-refractivity contribution in [2.24, 2.45) is 0 Å². The van der Waals surface area contributed by atoms with Gasteiger partial charge in [0.2, 0.25) is 5.91 Å². The second kappa shape index (κ2) is 9.37. The molecular weight excluding hydrogens is 318 g/mol. The molecular formula is C20H23NO4. The molecule has 2 aromatic rings. The monoisotopic (exact) mass is 341 g/mol. The van der Waals surface area contributed by atoms with Crippen LogP contribution >= 0.6 is 0 Å². The number of hydrogen-bond donors (Lipinski definition) is 1. The molecule has 5 heteroatoms. The molecule has 132 valence electrons. The summed E-state index contributed by atoms with van der Waals surface area (Å²) in [4.78, 5) is 12.0. The van der Waals surface area contributed by atoms with E-state index in [2.05, 4.69) is 5.32 Å². The maximum Gasteiger partial charge on any atom is 0.244 e. The normalized spacial score (nSPS) is 10.5. The number of methoxy groups -OCH3 is 2. The van der Waals surface area contributed by atoms with Gasteiger partial charge in [0.25, 0.3) is 0 Å². The van der Waals surface area contributed by atoms with Gasteiger partial charge in [0.1, 0.15) is 5.75 Å². The molecule has 0 aliphatic heterocycles. The van der Waals surface area contributed by atoms with Gasteiger partial charge in [-0.1, -0.05) is 24.3 Å². The molecule has 0 aromatic heterocycles. The van der Waals surface area contributed by atoms with E-state index >= 15 is 0 Å². The zero-order valence-corrected chi connectivity index (χ0v) is 14.7. The summed E-state index contributed by atoms with van der Waals surface area (Å²) in [6, 6.07) is 13.1. The molecule has 0 aliphatic rings. The minimum absolute atomic E-state index is 0.182. The Balaban J connectivity index is 1.94. The Hall–Kier alpha value is -2.95. The lowest BCUT2D eigenvalue weighted by atomic mass is 10.1. The van der Waals surface area contributed by atoms with E-state index in [0.29, 0.717) is 24.7 Å². The summed E-state index contributed by atoms with van der Waals surface area (Å²) in [5, 5.41) is 2.84. The third kappa shape index (κ3) is 5.28. The van der Waals surface area contributed by atoms with Crippen LogP contribution in [0.1, 0.15) is 18.1 Å². The second-order valence-electron chi connectivity index (χ2n) is 5.21. The quantitative estimate of drug-likeness (QED) is 0.748. The summed E-state index contributed by atoms with van der Waals surface area (Å²) in [7, 11) is 3.16. The van der Waals surface area contributed by atoms with Gasteiger partial charge in [-0.2, -0.15) is 0 Å². The van der Waals surface area contributed by atoms with E-state index in [1.165, 1.54) is 6.08 Å². The minimum atomic E-state index is -0.182. The fourth-order valence-corrected chi connectivity index (χ4v) is 2.35. The molecule has 2 aromatic carbocycles. The minimum Gasteiger partial charge on any atom is -0.494 e. The van der Waals surface area contributed by atoms with Crippen LogP contribution in [0.25, 0.3) is 6.08 Å². The maximum atomic E-state index is 12.0. The Morgan fingerprint density at radius 3 is 2.48 bits per heavy atom. The fourth-order valence-electron chi connectivity index (χ4n) is 2.35. The van der Waals surface area contributed by atoms with Crippen molar-refractivity contribution in [1.29, 1.82) is 0 Å². The third-order valence-corrected chi connectivity index (χ3v) is 3.56. The highest BCUT2D eigenvalue weighted by molar-refractivity contribution is 5.91. The Morgan fingerprint density at radius 2 is 1.84 bits per heavy atom. The topological polar surface area (TPSA) is 56.8 Å². The van der Waals surface area contributed by atoms with Gasteiger partial charge >= 0.3 is 0 Å². The molecule has 0 spiro atoms. The van der Waals surface area contributed by atoms with Gasteiger partial charge in [0, 0.05) is 18.2 Å². The summed E-state index contributed by atoms with van der Waals surface area (Å²) >= 11 is 0. The molecule has 0 aliphatic carbocycles. The molecule has 5 nitrogen and oxygen atoms in total. The first-order valence-electron chi connectivity index (χ1n) is 8.06. The number of para-hydroxylation sites is 1. The van der Waals surface area contributed by atoms with Crippen LogP contribution < -0.4 is 19.5 Å². The molecule has 0 fully saturated rings. The zero-order valence-electron chi connectivity index (χ0n) is 14.7. The number of ether oxygens (including phenoxy) is 3. The van der Waals surface area contributed by atoms with E-state index < -0.39 is 0 Å². The fraction of sp³-hybridized carbons (Fsp3) is 0.250. The van der Waals surface area contributed by atoms with Crippen LogP contribution in [0.2, 0.25) is 0 Å². The molecule has 0 atom stereocenters. The molecule has 0 saturated heterocycles. The number of hydrogen-bond acceptors (Lipinski definition) is 4. The lowest BCUT2D eigenvalue weighted by molar-refractivity contribution is -0.116. The smallest absolute Gasteiger partial charge is 0.244 e. The predicted molar refractivity (Wildman–Crippen MR) is 98.0 cm³/mol. The summed E-state index contributed by atoms with van der Waals surface area (Å²) in [5.74, 6) is 1.90. The van der Waals surface area contributed by atoms with E-state index in [1.807, 2.05) is 49.4 Å². The summed E-state index contributed by atoms with van der Waals surface area (Å²) in [5.41, 5.74) is 1.78. The summed E-state index contributed by atoms with van der Waals surface area (Å²) in [6.07, 6.45) is 3.26. The molecule has 1 N–H and O–H groups in total. The number of carbonyl (C=O) groups is 1. The van der Waals surface area contributed by atoms with Crippen molar-refractivity contribution >= 4 is 12.0 Å². The molecule has 0 radical (unpaired) electrons. The molecule has 25 heavy (non-hydrogen) atoms. The van der Waals surface area contributed by atoms with Crippen molar-refractivity contribution < 1.29 is 19.0 Å². The lowest BCUT2D eigenvalue weighted by Crippen LogP contribution is -2.20. The van der Waals surface area contributed by atoms with Crippen LogP contribution in [0.3, 0.4) is 0 Å². The standard InChI is InChI=1S/C20H23NO4/c1-4-25-17-11-8-15(9-12-17)10-13-19(22)21-14-16-6-5-7-18(23-2)20(16)24-3/h5-13H,4,14H2,1-3H3,(H,21,22)/b13-10+. The van der Waals surface area contributed by atoms with Crippen molar-refractivity contribution in [2.75, 3.05) is 20.8 Å². The van der Waals surface area contributed by atoms with Crippen molar-refractivity contribution in [3.63, 3.8) is 0 Å². The van der Waals surface area contributed by atoms with E-state index in [0.717, 1.165) is 16.9 Å². The van der Waals surface area contributed by atoms with Gasteiger partial charge < -0.3 is 19.5 Å². The maximum absolute atomic E-state index is 12.0. The molecule has 0 heterocycles. The average molecular weight is 341 g/mol. The number of nitrogens with one attached hydrogen (secondary N) is 1. The van der Waals surface area contributed by atoms with Gasteiger partial charge in [0.05, 0.1) is 20.8 Å². The van der Waals surface area contributed by atoms with Crippen molar-refractivity contribution in [2.45, 2.75) is 13.5 Å². The third-order valence-electron chi connectivity index (χ3n) is 3.56. The van der Waals surface area contributed by atoms with E-state index in [4.69, 9.17) is 14.2 Å². The van der Waals surface area contributed by atoms with E-state index in [9.17, 15) is 4.79 Å². The largest absolute Gasteiger partial charge is 0.494 e. The number of rotatable bonds is 8. The van der Waals surface area contributed by atoms with Crippen LogP contribution in [0.4, 0.5) is 0 Å². The Kier molecular flexibility index (Phi) is 6.89. The lowest BCUT2D eigenvalue weighted by Gasteiger charge is -2.12. The molecule has 1 amide bonds. The first-order valence-corrected chi connectivity index (χ1v) is 8.06. The van der Waals surface area contributed by atoms with Gasteiger partial charge in [-0.3, -0.25) is 4.79 Å². The van der Waals surface area contributed by atoms with Crippen LogP contribution in [-0.2, 0) is 11.3 Å². The van der Waals surface area contributed by atoms with Crippen molar-refractivity contribution in [3.8, 4) is 17.2 Å². The van der Waals surface area contributed by atoms with Gasteiger partial charge in [-0.15, -0.1) is 0 Å². The predicted octanol–water partition coefficient (Wildman–Crippen LogP) is 3.43. The molecule has 0 saturated carbocycles. The molecule has 0 bridgehead atoms. The van der Waals surface area contributed by atoms with Gasteiger partial charge in [0.15, 0.2) is 11.5 Å². The van der Waals surface area contributed by atoms with Crippen LogP contribution in [0, 0.1) is 0 Å². The average Bonchev–Trinajstić information content (AvgIpc) is 2.65. The van der Waals surface area contributed by atoms with Crippen molar-refractivity contribution in [1.82, 2.24) is 5.32 Å². The van der Waals surface area contributed by atoms with Crippen LogP contribution in [-0.4, -0.2) is 26.7 Å². The second-order valence-corrected chi connectivity index (χ2v) is 5.21. The van der Waals surface area contributed by atoms with Crippen molar-refractivity contribution in [3.05, 3.63) is 59.7 Å². The first-order chi connectivity index (χ1) is 12.2. The van der Waals surface area contributed by atoms with Gasteiger partial charge in [-0.05, 0) is 36.8 Å². The Labute approximate surface area is 148 Å². The summed E-state index contributed by atoms with van der Waals surface area (Å²) in [6.45, 7) is 2.92. The highest BCUT2D eigenvalue weighted by Crippen LogP contribution is 2.30. The molecule has 0 unspecified atom stereocenters. The van der Waals surface area contributed by atoms with E-state index in [-0.39, 0.29) is 5.91 Å². The SMILES string of the molecule is CCOc1ccc(/C=C/C(=O)NCc2cccc(OC)c2OC)cc1. The summed E-state index contributed by atoms with van der Waals surface area (Å²) < 4.78 is 16.0. The zero-order chi connectivity index (χ0) is 18.1. The number of benzene rings is 2.